The number of carbonyl (C=O) groups is 3. The van der Waals surface area contributed by atoms with Crippen LogP contribution < -0.4 is 0 Å². The Morgan fingerprint density at radius 3 is 0.827 bits per heavy atom. The van der Waals surface area contributed by atoms with E-state index in [1.54, 1.807) is 0 Å². The average Bonchev–Trinajstić information content (AvgIpc) is 3.41. The molecule has 1 unspecified atom stereocenters. The first-order valence-corrected chi connectivity index (χ1v) is 32.8. The second-order valence-electron chi connectivity index (χ2n) is 22.0. The summed E-state index contributed by atoms with van der Waals surface area (Å²) in [5, 5.41) is 0. The first-order chi connectivity index (χ1) is 37.0. The highest BCUT2D eigenvalue weighted by Gasteiger charge is 2.19. The standard InChI is InChI=1S/C69H124O6/c1-4-7-10-13-16-18-20-22-24-26-27-28-29-30-31-32-33-34-35-36-37-38-39-40-41-42-43-44-46-47-49-51-53-56-59-62-68(71)74-65-66(64-73-67(70)61-58-55-15-12-9-6-3)75-69(72)63-60-57-54-52-50-48-45-25-23-21-19-17-14-11-8-5-2/h7,10,16,18,22,24-25,27-28,45,66H,4-6,8-9,11-15,17,19-21,23,26,29-44,46-65H2,1-3H3/b10-7-,18-16-,24-22-,28-27-,45-25-. The van der Waals surface area contributed by atoms with Crippen LogP contribution in [0.2, 0.25) is 0 Å². The van der Waals surface area contributed by atoms with Gasteiger partial charge in [-0.3, -0.25) is 14.4 Å². The Kier molecular flexibility index (Phi) is 61.2. The van der Waals surface area contributed by atoms with E-state index in [0.717, 1.165) is 89.9 Å². The van der Waals surface area contributed by atoms with Crippen molar-refractivity contribution in [2.45, 2.75) is 348 Å². The minimum Gasteiger partial charge on any atom is -0.462 e. The van der Waals surface area contributed by atoms with Crippen LogP contribution in [-0.4, -0.2) is 37.2 Å². The van der Waals surface area contributed by atoms with Crippen molar-refractivity contribution in [1.29, 1.82) is 0 Å². The molecule has 0 amide bonds. The van der Waals surface area contributed by atoms with E-state index in [-0.39, 0.29) is 31.1 Å². The van der Waals surface area contributed by atoms with Crippen molar-refractivity contribution in [3.63, 3.8) is 0 Å². The molecule has 0 fully saturated rings. The molecule has 0 aliphatic heterocycles. The molecule has 6 nitrogen and oxygen atoms in total. The molecular weight excluding hydrogens is 925 g/mol. The lowest BCUT2D eigenvalue weighted by Gasteiger charge is -2.18. The third-order valence-corrected chi connectivity index (χ3v) is 14.5. The lowest BCUT2D eigenvalue weighted by molar-refractivity contribution is -0.167. The predicted molar refractivity (Wildman–Crippen MR) is 325 cm³/mol. The van der Waals surface area contributed by atoms with Gasteiger partial charge in [0.25, 0.3) is 0 Å². The summed E-state index contributed by atoms with van der Waals surface area (Å²) in [7, 11) is 0. The van der Waals surface area contributed by atoms with Crippen LogP contribution in [-0.2, 0) is 28.6 Å². The predicted octanol–water partition coefficient (Wildman–Crippen LogP) is 22.3. The first-order valence-electron chi connectivity index (χ1n) is 32.8. The molecular formula is C69H124O6. The van der Waals surface area contributed by atoms with Crippen molar-refractivity contribution in [1.82, 2.24) is 0 Å². The highest BCUT2D eigenvalue weighted by molar-refractivity contribution is 5.71. The summed E-state index contributed by atoms with van der Waals surface area (Å²) in [6.45, 7) is 6.50. The van der Waals surface area contributed by atoms with Crippen LogP contribution in [0.15, 0.2) is 60.8 Å². The van der Waals surface area contributed by atoms with Gasteiger partial charge in [0.05, 0.1) is 0 Å². The Morgan fingerprint density at radius 1 is 0.280 bits per heavy atom. The normalized spacial score (nSPS) is 12.4. The van der Waals surface area contributed by atoms with E-state index < -0.39 is 6.10 Å². The molecule has 75 heavy (non-hydrogen) atoms. The molecule has 6 heteroatoms. The number of hydrogen-bond donors (Lipinski definition) is 0. The van der Waals surface area contributed by atoms with E-state index in [4.69, 9.17) is 14.2 Å². The minimum atomic E-state index is -0.771. The topological polar surface area (TPSA) is 78.9 Å². The third kappa shape index (κ3) is 61.8. The Morgan fingerprint density at radius 2 is 0.520 bits per heavy atom. The number of allylic oxidation sites excluding steroid dienone is 10. The van der Waals surface area contributed by atoms with Crippen molar-refractivity contribution in [3.05, 3.63) is 60.8 Å². The van der Waals surface area contributed by atoms with Gasteiger partial charge in [0.2, 0.25) is 0 Å². The molecule has 0 aromatic heterocycles. The molecule has 436 valence electrons. The maximum Gasteiger partial charge on any atom is 0.306 e. The molecule has 0 aliphatic carbocycles. The van der Waals surface area contributed by atoms with Gasteiger partial charge in [-0.2, -0.15) is 0 Å². The summed E-state index contributed by atoms with van der Waals surface area (Å²) >= 11 is 0. The van der Waals surface area contributed by atoms with Crippen molar-refractivity contribution in [2.75, 3.05) is 13.2 Å². The van der Waals surface area contributed by atoms with Gasteiger partial charge in [0, 0.05) is 19.3 Å². The van der Waals surface area contributed by atoms with E-state index in [2.05, 4.69) is 81.5 Å². The summed E-state index contributed by atoms with van der Waals surface area (Å²) in [6.07, 6.45) is 81.5. The zero-order valence-electron chi connectivity index (χ0n) is 50.1. The number of carbonyl (C=O) groups excluding carboxylic acids is 3. The zero-order valence-corrected chi connectivity index (χ0v) is 50.1. The van der Waals surface area contributed by atoms with Crippen LogP contribution in [0.25, 0.3) is 0 Å². The van der Waals surface area contributed by atoms with Crippen LogP contribution in [0.3, 0.4) is 0 Å². The van der Waals surface area contributed by atoms with Gasteiger partial charge < -0.3 is 14.2 Å². The third-order valence-electron chi connectivity index (χ3n) is 14.5. The molecule has 0 saturated heterocycles. The van der Waals surface area contributed by atoms with Gasteiger partial charge in [-0.15, -0.1) is 0 Å². The van der Waals surface area contributed by atoms with E-state index in [1.165, 1.54) is 212 Å². The summed E-state index contributed by atoms with van der Waals surface area (Å²) in [5.74, 6) is -0.873. The summed E-state index contributed by atoms with van der Waals surface area (Å²) < 4.78 is 16.8. The van der Waals surface area contributed by atoms with Crippen LogP contribution in [0.1, 0.15) is 342 Å². The monoisotopic (exact) mass is 1050 g/mol. The number of hydrogen-bond acceptors (Lipinski definition) is 6. The van der Waals surface area contributed by atoms with Gasteiger partial charge in [-0.05, 0) is 83.5 Å². The lowest BCUT2D eigenvalue weighted by atomic mass is 10.0. The molecule has 0 aromatic rings. The van der Waals surface area contributed by atoms with Crippen molar-refractivity contribution in [3.8, 4) is 0 Å². The summed E-state index contributed by atoms with van der Waals surface area (Å²) in [5.41, 5.74) is 0. The average molecular weight is 1050 g/mol. The quantitative estimate of drug-likeness (QED) is 0.0261. The Labute approximate surface area is 466 Å². The smallest absolute Gasteiger partial charge is 0.306 e. The Hall–Kier alpha value is -2.89. The Bertz CT molecular complexity index is 1340. The van der Waals surface area contributed by atoms with Crippen molar-refractivity contribution in [2.24, 2.45) is 0 Å². The minimum absolute atomic E-state index is 0.0722. The van der Waals surface area contributed by atoms with Crippen molar-refractivity contribution < 1.29 is 28.6 Å². The summed E-state index contributed by atoms with van der Waals surface area (Å²) in [4.78, 5) is 37.9. The fourth-order valence-electron chi connectivity index (χ4n) is 9.61. The second kappa shape index (κ2) is 63.6. The molecule has 0 heterocycles. The highest BCUT2D eigenvalue weighted by atomic mass is 16.6. The van der Waals surface area contributed by atoms with Gasteiger partial charge in [0.15, 0.2) is 6.10 Å². The summed E-state index contributed by atoms with van der Waals surface area (Å²) in [6, 6.07) is 0. The zero-order chi connectivity index (χ0) is 54.3. The van der Waals surface area contributed by atoms with E-state index in [0.29, 0.717) is 19.3 Å². The Balaban J connectivity index is 3.91. The van der Waals surface area contributed by atoms with Crippen LogP contribution in [0.5, 0.6) is 0 Å². The van der Waals surface area contributed by atoms with Gasteiger partial charge in [-0.1, -0.05) is 300 Å². The van der Waals surface area contributed by atoms with Gasteiger partial charge in [0.1, 0.15) is 13.2 Å². The van der Waals surface area contributed by atoms with Crippen LogP contribution in [0, 0.1) is 0 Å². The highest BCUT2D eigenvalue weighted by Crippen LogP contribution is 2.17. The maximum absolute atomic E-state index is 12.8. The van der Waals surface area contributed by atoms with Crippen molar-refractivity contribution >= 4 is 17.9 Å². The van der Waals surface area contributed by atoms with E-state index >= 15 is 0 Å². The number of esters is 3. The maximum atomic E-state index is 12.8. The largest absolute Gasteiger partial charge is 0.462 e. The van der Waals surface area contributed by atoms with Crippen LogP contribution >= 0.6 is 0 Å². The number of rotatable bonds is 60. The van der Waals surface area contributed by atoms with E-state index in [1.807, 2.05) is 0 Å². The molecule has 0 aliphatic rings. The molecule has 1 atom stereocenters. The molecule has 0 saturated carbocycles. The first kappa shape index (κ1) is 72.1. The number of unbranched alkanes of at least 4 members (excludes halogenated alkanes) is 39. The molecule has 0 N–H and O–H groups in total. The molecule has 0 aromatic carbocycles. The van der Waals surface area contributed by atoms with Crippen LogP contribution in [0.4, 0.5) is 0 Å². The lowest BCUT2D eigenvalue weighted by Crippen LogP contribution is -2.30. The van der Waals surface area contributed by atoms with Gasteiger partial charge in [-0.25, -0.2) is 0 Å². The molecule has 0 radical (unpaired) electrons. The molecule has 0 bridgehead atoms. The molecule has 0 rings (SSSR count). The number of ether oxygens (including phenoxy) is 3. The fraction of sp³-hybridized carbons (Fsp3) is 0.812. The van der Waals surface area contributed by atoms with E-state index in [9.17, 15) is 14.4 Å². The second-order valence-corrected chi connectivity index (χ2v) is 22.0. The molecule has 0 spiro atoms. The van der Waals surface area contributed by atoms with Gasteiger partial charge >= 0.3 is 17.9 Å². The SMILES string of the molecule is CC/C=C\C/C=C\C/C=C\C/C=C\CCCCCCCCCCCCCCCCCCCCCCCCC(=O)OCC(COC(=O)CCCCCCCC)OC(=O)CCCCCCC/C=C\CCCCCCCCC. The fourth-order valence-corrected chi connectivity index (χ4v) is 9.61.